The van der Waals surface area contributed by atoms with E-state index in [-0.39, 0.29) is 17.5 Å². The first kappa shape index (κ1) is 24.1. The van der Waals surface area contributed by atoms with Gasteiger partial charge in [0.05, 0.1) is 0 Å². The number of oxazole rings is 1. The summed E-state index contributed by atoms with van der Waals surface area (Å²) in [6.07, 6.45) is 10.9. The molecule has 1 N–H and O–H groups in total. The second-order valence-electron chi connectivity index (χ2n) is 7.80. The van der Waals surface area contributed by atoms with Gasteiger partial charge in [-0.25, -0.2) is 4.98 Å². The number of rotatable bonds is 9. The Kier molecular flexibility index (Phi) is 7.81. The molecule has 1 aliphatic rings. The van der Waals surface area contributed by atoms with E-state index in [1.54, 1.807) is 0 Å². The van der Waals surface area contributed by atoms with Gasteiger partial charge in [-0.1, -0.05) is 44.9 Å². The summed E-state index contributed by atoms with van der Waals surface area (Å²) < 4.78 is 68.5. The maximum atomic E-state index is 12.4. The molecular weight excluding hydrogens is 449 g/mol. The summed E-state index contributed by atoms with van der Waals surface area (Å²) in [5.74, 6) is -0.0155. The molecule has 1 fully saturated rings. The molecule has 11 heteroatoms. The Bertz CT molecular complexity index is 997. The highest BCUT2D eigenvalue weighted by molar-refractivity contribution is 7.88. The first-order valence-corrected chi connectivity index (χ1v) is 11.9. The van der Waals surface area contributed by atoms with Gasteiger partial charge in [0.2, 0.25) is 5.89 Å². The van der Waals surface area contributed by atoms with E-state index in [4.69, 9.17) is 4.42 Å². The fraction of sp³-hybridized carbons (Fsp3) is 0.524. The van der Waals surface area contributed by atoms with Crippen LogP contribution in [0.15, 0.2) is 34.9 Å². The van der Waals surface area contributed by atoms with E-state index in [2.05, 4.69) is 14.5 Å². The number of halogens is 3. The lowest BCUT2D eigenvalue weighted by atomic mass is 9.86. The molecule has 1 heterocycles. The highest BCUT2D eigenvalue weighted by atomic mass is 32.2. The van der Waals surface area contributed by atoms with Gasteiger partial charge in [0.25, 0.3) is 5.91 Å². The van der Waals surface area contributed by atoms with E-state index in [1.165, 1.54) is 56.9 Å². The van der Waals surface area contributed by atoms with Crippen LogP contribution in [-0.4, -0.2) is 31.4 Å². The van der Waals surface area contributed by atoms with Crippen LogP contribution in [-0.2, 0) is 10.1 Å². The van der Waals surface area contributed by atoms with E-state index in [0.717, 1.165) is 30.9 Å². The van der Waals surface area contributed by atoms with Crippen LogP contribution in [0.3, 0.4) is 0 Å². The Morgan fingerprint density at radius 3 is 2.47 bits per heavy atom. The highest BCUT2D eigenvalue weighted by Crippen LogP contribution is 2.29. The Labute approximate surface area is 184 Å². The predicted octanol–water partition coefficient (Wildman–Crippen LogP) is 5.05. The van der Waals surface area contributed by atoms with Crippen LogP contribution in [0.2, 0.25) is 0 Å². The third-order valence-electron chi connectivity index (χ3n) is 5.38. The molecule has 2 aromatic rings. The molecule has 0 bridgehead atoms. The van der Waals surface area contributed by atoms with Crippen molar-refractivity contribution in [3.8, 4) is 17.2 Å². The average Bonchev–Trinajstić information content (AvgIpc) is 3.24. The summed E-state index contributed by atoms with van der Waals surface area (Å²) in [6, 6.07) is 4.63. The summed E-state index contributed by atoms with van der Waals surface area (Å²) in [5, 5.41) is 2.80. The lowest BCUT2D eigenvalue weighted by Crippen LogP contribution is -2.28. The van der Waals surface area contributed by atoms with Gasteiger partial charge >= 0.3 is 15.6 Å². The predicted molar refractivity (Wildman–Crippen MR) is 110 cm³/mol. The molecule has 3 rings (SSSR count). The van der Waals surface area contributed by atoms with Gasteiger partial charge in [0, 0.05) is 12.1 Å². The molecule has 32 heavy (non-hydrogen) atoms. The van der Waals surface area contributed by atoms with Crippen molar-refractivity contribution in [2.75, 3.05) is 6.54 Å². The third-order valence-corrected chi connectivity index (χ3v) is 6.36. The minimum atomic E-state index is -5.75. The lowest BCUT2D eigenvalue weighted by molar-refractivity contribution is -0.0500. The van der Waals surface area contributed by atoms with Crippen molar-refractivity contribution in [1.29, 1.82) is 0 Å². The van der Waals surface area contributed by atoms with Crippen molar-refractivity contribution in [3.63, 3.8) is 0 Å². The zero-order chi connectivity index (χ0) is 23.2. The number of benzene rings is 1. The number of nitrogens with one attached hydrogen (secondary N) is 1. The largest absolute Gasteiger partial charge is 0.534 e. The Morgan fingerprint density at radius 1 is 1.12 bits per heavy atom. The Balaban J connectivity index is 1.47. The molecule has 0 spiro atoms. The summed E-state index contributed by atoms with van der Waals surface area (Å²) in [4.78, 5) is 16.3. The van der Waals surface area contributed by atoms with Crippen molar-refractivity contribution in [2.45, 2.75) is 56.9 Å². The summed E-state index contributed by atoms with van der Waals surface area (Å²) in [6.45, 7) is 0.535. The molecule has 0 unspecified atom stereocenters. The van der Waals surface area contributed by atoms with Crippen LogP contribution in [0.5, 0.6) is 5.75 Å². The molecule has 0 atom stereocenters. The fourth-order valence-electron chi connectivity index (χ4n) is 3.66. The van der Waals surface area contributed by atoms with Gasteiger partial charge in [-0.3, -0.25) is 4.79 Å². The topological polar surface area (TPSA) is 98.5 Å². The highest BCUT2D eigenvalue weighted by Gasteiger charge is 2.48. The molecule has 7 nitrogen and oxygen atoms in total. The third kappa shape index (κ3) is 6.47. The maximum absolute atomic E-state index is 12.4. The van der Waals surface area contributed by atoms with Gasteiger partial charge in [-0.15, -0.1) is 0 Å². The van der Waals surface area contributed by atoms with E-state index >= 15 is 0 Å². The number of amides is 1. The minimum Gasteiger partial charge on any atom is -0.444 e. The standard InChI is InChI=1S/C21H25F3N2O5S/c22-21(23,24)32(28,29)31-17-11-9-16(10-12-17)20-26-18(14-30-20)19(27)25-13-5-4-8-15-6-2-1-3-7-15/h9-12,14-15H,1-8,13H2,(H,25,27). The minimum absolute atomic E-state index is 0.0673. The number of nitrogens with zero attached hydrogens (tertiary/aromatic N) is 1. The number of hydrogen-bond acceptors (Lipinski definition) is 6. The zero-order valence-electron chi connectivity index (χ0n) is 17.4. The van der Waals surface area contributed by atoms with E-state index in [0.29, 0.717) is 12.1 Å². The monoisotopic (exact) mass is 474 g/mol. The Hall–Kier alpha value is -2.56. The normalized spacial score (nSPS) is 15.5. The van der Waals surface area contributed by atoms with Crippen molar-refractivity contribution in [1.82, 2.24) is 10.3 Å². The molecule has 1 aliphatic carbocycles. The van der Waals surface area contributed by atoms with Crippen LogP contribution in [0.1, 0.15) is 61.9 Å². The van der Waals surface area contributed by atoms with Crippen LogP contribution < -0.4 is 9.50 Å². The number of hydrogen-bond donors (Lipinski definition) is 1. The number of carbonyl (C=O) groups is 1. The SMILES string of the molecule is O=C(NCCCCC1CCCCC1)c1coc(-c2ccc(OS(=O)(=O)C(F)(F)F)cc2)n1. The second-order valence-corrected chi connectivity index (χ2v) is 9.34. The summed E-state index contributed by atoms with van der Waals surface area (Å²) in [7, 11) is -5.75. The molecule has 1 aromatic carbocycles. The van der Waals surface area contributed by atoms with Gasteiger partial charge in [0.1, 0.15) is 12.0 Å². The van der Waals surface area contributed by atoms with Crippen LogP contribution in [0.25, 0.3) is 11.5 Å². The molecule has 0 aliphatic heterocycles. The van der Waals surface area contributed by atoms with Crippen molar-refractivity contribution < 1.29 is 35.0 Å². The molecule has 0 saturated heterocycles. The van der Waals surface area contributed by atoms with Crippen molar-refractivity contribution in [2.24, 2.45) is 5.92 Å². The average molecular weight is 475 g/mol. The molecule has 1 aromatic heterocycles. The van der Waals surface area contributed by atoms with Gasteiger partial charge < -0.3 is 13.9 Å². The zero-order valence-corrected chi connectivity index (χ0v) is 18.2. The molecular formula is C21H25F3N2O5S. The fourth-order valence-corrected chi connectivity index (χ4v) is 4.12. The molecule has 0 radical (unpaired) electrons. The smallest absolute Gasteiger partial charge is 0.444 e. The maximum Gasteiger partial charge on any atom is 0.534 e. The number of aromatic nitrogens is 1. The number of carbonyl (C=O) groups excluding carboxylic acids is 1. The first-order chi connectivity index (χ1) is 15.2. The molecule has 1 amide bonds. The van der Waals surface area contributed by atoms with Gasteiger partial charge in [-0.2, -0.15) is 21.6 Å². The van der Waals surface area contributed by atoms with Crippen molar-refractivity contribution in [3.05, 3.63) is 36.2 Å². The summed E-state index contributed by atoms with van der Waals surface area (Å²) >= 11 is 0. The van der Waals surface area contributed by atoms with Crippen LogP contribution in [0, 0.1) is 5.92 Å². The lowest BCUT2D eigenvalue weighted by Gasteiger charge is -2.21. The first-order valence-electron chi connectivity index (χ1n) is 10.5. The molecule has 176 valence electrons. The van der Waals surface area contributed by atoms with Gasteiger partial charge in [0.15, 0.2) is 5.69 Å². The number of unbranched alkanes of at least 4 members (excludes halogenated alkanes) is 1. The quantitative estimate of drug-likeness (QED) is 0.310. The van der Waals surface area contributed by atoms with Crippen LogP contribution in [0.4, 0.5) is 13.2 Å². The van der Waals surface area contributed by atoms with E-state index < -0.39 is 21.4 Å². The molecule has 1 saturated carbocycles. The Morgan fingerprint density at radius 2 is 1.81 bits per heavy atom. The second kappa shape index (κ2) is 10.4. The summed E-state index contributed by atoms with van der Waals surface area (Å²) in [5.41, 5.74) is -5.10. The van der Waals surface area contributed by atoms with Gasteiger partial charge in [-0.05, 0) is 36.6 Å². The van der Waals surface area contributed by atoms with Crippen LogP contribution >= 0.6 is 0 Å². The van der Waals surface area contributed by atoms with E-state index in [1.807, 2.05) is 0 Å². The van der Waals surface area contributed by atoms with E-state index in [9.17, 15) is 26.4 Å². The number of alkyl halides is 3. The van der Waals surface area contributed by atoms with Crippen molar-refractivity contribution >= 4 is 16.0 Å².